The summed E-state index contributed by atoms with van der Waals surface area (Å²) in [6, 6.07) is 10.7. The molecule has 1 fully saturated rings. The molecule has 1 heterocycles. The zero-order chi connectivity index (χ0) is 22.4. The molecule has 2 amide bonds. The lowest BCUT2D eigenvalue weighted by Gasteiger charge is -2.16. The first-order valence-corrected chi connectivity index (χ1v) is 11.4. The van der Waals surface area contributed by atoms with Crippen LogP contribution < -0.4 is 19.8 Å². The number of ether oxygens (including phenoxy) is 2. The normalized spacial score (nSPS) is 16.1. The van der Waals surface area contributed by atoms with E-state index in [4.69, 9.17) is 21.1 Å². The van der Waals surface area contributed by atoms with Crippen molar-refractivity contribution in [3.8, 4) is 11.5 Å². The molecule has 1 saturated heterocycles. The molecule has 9 heteroatoms. The zero-order valence-electron chi connectivity index (χ0n) is 17.2. The van der Waals surface area contributed by atoms with Gasteiger partial charge in [0.05, 0.1) is 28.9 Å². The molecule has 3 rings (SSSR count). The maximum Gasteiger partial charge on any atom is 0.245 e. The lowest BCUT2D eigenvalue weighted by molar-refractivity contribution is -0.126. The summed E-state index contributed by atoms with van der Waals surface area (Å²) in [4.78, 5) is 26.4. The summed E-state index contributed by atoms with van der Waals surface area (Å²) in [6.07, 6.45) is 1.69. The van der Waals surface area contributed by atoms with Crippen LogP contribution in [-0.4, -0.2) is 37.8 Å². The van der Waals surface area contributed by atoms with Gasteiger partial charge in [0.15, 0.2) is 11.5 Å². The SMILES string of the molecule is CCOc1cc(/C=N\NC(=O)[C@H]2CC(=O)N(c3ccc(Cl)cc3)C2)cc(I)c1OCC. The maximum absolute atomic E-state index is 12.5. The number of hydrogen-bond donors (Lipinski definition) is 1. The van der Waals surface area contributed by atoms with Crippen LogP contribution in [0.4, 0.5) is 5.69 Å². The van der Waals surface area contributed by atoms with Gasteiger partial charge in [-0.05, 0) is 78.4 Å². The standard InChI is InChI=1S/C22H23ClIN3O4/c1-3-30-19-10-14(9-18(24)21(19)31-4-2)12-25-26-22(29)15-11-20(28)27(13-15)17-7-5-16(23)6-8-17/h5-10,12,15H,3-4,11,13H2,1-2H3,(H,26,29)/b25-12-/t15-/m0/s1. The molecule has 2 aromatic carbocycles. The quantitative estimate of drug-likeness (QED) is 0.300. The van der Waals surface area contributed by atoms with Crippen molar-refractivity contribution in [1.29, 1.82) is 0 Å². The van der Waals surface area contributed by atoms with Gasteiger partial charge in [-0.3, -0.25) is 9.59 Å². The Balaban J connectivity index is 1.64. The fourth-order valence-corrected chi connectivity index (χ4v) is 4.13. The highest BCUT2D eigenvalue weighted by molar-refractivity contribution is 14.1. The molecule has 0 saturated carbocycles. The van der Waals surface area contributed by atoms with E-state index in [1.165, 1.54) is 0 Å². The van der Waals surface area contributed by atoms with Gasteiger partial charge in [-0.2, -0.15) is 5.10 Å². The van der Waals surface area contributed by atoms with E-state index in [9.17, 15) is 9.59 Å². The molecule has 31 heavy (non-hydrogen) atoms. The summed E-state index contributed by atoms with van der Waals surface area (Å²) in [7, 11) is 0. The van der Waals surface area contributed by atoms with Gasteiger partial charge in [-0.25, -0.2) is 5.43 Å². The monoisotopic (exact) mass is 555 g/mol. The number of nitrogens with zero attached hydrogens (tertiary/aromatic N) is 2. The van der Waals surface area contributed by atoms with Crippen LogP contribution in [0.15, 0.2) is 41.5 Å². The van der Waals surface area contributed by atoms with Crippen LogP contribution in [0.5, 0.6) is 11.5 Å². The number of amides is 2. The first kappa shape index (κ1) is 23.3. The summed E-state index contributed by atoms with van der Waals surface area (Å²) in [6.45, 7) is 5.16. The molecule has 0 aliphatic carbocycles. The summed E-state index contributed by atoms with van der Waals surface area (Å²) >= 11 is 8.08. The number of hydrazone groups is 1. The van der Waals surface area contributed by atoms with Crippen molar-refractivity contribution in [3.63, 3.8) is 0 Å². The summed E-state index contributed by atoms with van der Waals surface area (Å²) in [5.74, 6) is 0.447. The fourth-order valence-electron chi connectivity index (χ4n) is 3.23. The molecule has 2 aromatic rings. The molecule has 1 aliphatic rings. The van der Waals surface area contributed by atoms with Crippen molar-refractivity contribution >= 4 is 57.9 Å². The van der Waals surface area contributed by atoms with E-state index in [1.54, 1.807) is 35.4 Å². The molecular formula is C22H23ClIN3O4. The maximum atomic E-state index is 12.5. The first-order chi connectivity index (χ1) is 14.9. The summed E-state index contributed by atoms with van der Waals surface area (Å²) in [5.41, 5.74) is 4.03. The van der Waals surface area contributed by atoms with Crippen molar-refractivity contribution in [1.82, 2.24) is 5.43 Å². The van der Waals surface area contributed by atoms with Gasteiger partial charge < -0.3 is 14.4 Å². The molecule has 0 aromatic heterocycles. The minimum Gasteiger partial charge on any atom is -0.490 e. The number of hydrogen-bond acceptors (Lipinski definition) is 5. The molecule has 1 N–H and O–H groups in total. The number of carbonyl (C=O) groups excluding carboxylic acids is 2. The van der Waals surface area contributed by atoms with Crippen LogP contribution >= 0.6 is 34.2 Å². The number of carbonyl (C=O) groups is 2. The van der Waals surface area contributed by atoms with Crippen molar-refractivity contribution in [2.45, 2.75) is 20.3 Å². The zero-order valence-corrected chi connectivity index (χ0v) is 20.1. The average molecular weight is 556 g/mol. The first-order valence-electron chi connectivity index (χ1n) is 9.90. The Morgan fingerprint density at radius 3 is 2.65 bits per heavy atom. The van der Waals surface area contributed by atoms with E-state index in [2.05, 4.69) is 33.1 Å². The molecule has 0 spiro atoms. The number of anilines is 1. The van der Waals surface area contributed by atoms with E-state index in [0.29, 0.717) is 36.3 Å². The van der Waals surface area contributed by atoms with Crippen LogP contribution in [0, 0.1) is 9.49 Å². The minimum absolute atomic E-state index is 0.103. The van der Waals surface area contributed by atoms with Crippen molar-refractivity contribution in [2.24, 2.45) is 11.0 Å². The summed E-state index contributed by atoms with van der Waals surface area (Å²) < 4.78 is 12.2. The van der Waals surface area contributed by atoms with Crippen molar-refractivity contribution in [2.75, 3.05) is 24.7 Å². The topological polar surface area (TPSA) is 80.2 Å². The average Bonchev–Trinajstić information content (AvgIpc) is 3.13. The Bertz CT molecular complexity index is 981. The molecule has 7 nitrogen and oxygen atoms in total. The predicted molar refractivity (Wildman–Crippen MR) is 129 cm³/mol. The molecule has 0 unspecified atom stereocenters. The number of rotatable bonds is 8. The molecule has 1 atom stereocenters. The van der Waals surface area contributed by atoms with Gasteiger partial charge in [-0.15, -0.1) is 0 Å². The molecule has 1 aliphatic heterocycles. The number of halogens is 2. The molecule has 0 radical (unpaired) electrons. The van der Waals surface area contributed by atoms with E-state index in [1.807, 2.05) is 26.0 Å². The third-order valence-electron chi connectivity index (χ3n) is 4.64. The van der Waals surface area contributed by atoms with Crippen molar-refractivity contribution < 1.29 is 19.1 Å². The van der Waals surface area contributed by atoms with E-state index >= 15 is 0 Å². The van der Waals surface area contributed by atoms with Crippen LogP contribution in [0.25, 0.3) is 0 Å². The second kappa shape index (κ2) is 10.8. The fraction of sp³-hybridized carbons (Fsp3) is 0.318. The lowest BCUT2D eigenvalue weighted by Crippen LogP contribution is -2.30. The Morgan fingerprint density at radius 2 is 1.97 bits per heavy atom. The van der Waals surface area contributed by atoms with Gasteiger partial charge in [0, 0.05) is 23.7 Å². The van der Waals surface area contributed by atoms with Gasteiger partial charge >= 0.3 is 0 Å². The third-order valence-corrected chi connectivity index (χ3v) is 5.70. The highest BCUT2D eigenvalue weighted by Crippen LogP contribution is 2.34. The number of nitrogens with one attached hydrogen (secondary N) is 1. The third kappa shape index (κ3) is 5.88. The Labute approximate surface area is 199 Å². The highest BCUT2D eigenvalue weighted by atomic mass is 127. The molecular weight excluding hydrogens is 533 g/mol. The van der Waals surface area contributed by atoms with Crippen LogP contribution in [0.2, 0.25) is 5.02 Å². The van der Waals surface area contributed by atoms with Gasteiger partial charge in [-0.1, -0.05) is 11.6 Å². The lowest BCUT2D eigenvalue weighted by atomic mass is 10.1. The van der Waals surface area contributed by atoms with Gasteiger partial charge in [0.1, 0.15) is 0 Å². The van der Waals surface area contributed by atoms with Crippen LogP contribution in [-0.2, 0) is 9.59 Å². The smallest absolute Gasteiger partial charge is 0.245 e. The Hall–Kier alpha value is -2.33. The van der Waals surface area contributed by atoms with Gasteiger partial charge in [0.25, 0.3) is 0 Å². The largest absolute Gasteiger partial charge is 0.490 e. The molecule has 0 bridgehead atoms. The van der Waals surface area contributed by atoms with E-state index in [-0.39, 0.29) is 18.2 Å². The highest BCUT2D eigenvalue weighted by Gasteiger charge is 2.35. The second-order valence-corrected chi connectivity index (χ2v) is 8.41. The summed E-state index contributed by atoms with van der Waals surface area (Å²) in [5, 5.41) is 4.66. The van der Waals surface area contributed by atoms with Gasteiger partial charge in [0.2, 0.25) is 11.8 Å². The molecule has 164 valence electrons. The Kier molecular flexibility index (Phi) is 8.14. The van der Waals surface area contributed by atoms with E-state index in [0.717, 1.165) is 14.8 Å². The second-order valence-electron chi connectivity index (χ2n) is 6.81. The number of benzene rings is 2. The van der Waals surface area contributed by atoms with E-state index < -0.39 is 5.92 Å². The minimum atomic E-state index is -0.472. The van der Waals surface area contributed by atoms with Crippen LogP contribution in [0.1, 0.15) is 25.8 Å². The predicted octanol–water partition coefficient (Wildman–Crippen LogP) is 4.25. The Morgan fingerprint density at radius 1 is 1.26 bits per heavy atom. The van der Waals surface area contributed by atoms with Crippen molar-refractivity contribution in [3.05, 3.63) is 50.6 Å². The van der Waals surface area contributed by atoms with Crippen LogP contribution in [0.3, 0.4) is 0 Å².